The zero-order valence-corrected chi connectivity index (χ0v) is 12.5. The van der Waals surface area contributed by atoms with E-state index in [0.717, 1.165) is 19.1 Å². The molecule has 1 fully saturated rings. The van der Waals surface area contributed by atoms with Crippen LogP contribution in [0.3, 0.4) is 0 Å². The quantitative estimate of drug-likeness (QED) is 0.671. The van der Waals surface area contributed by atoms with Crippen molar-refractivity contribution in [3.63, 3.8) is 0 Å². The van der Waals surface area contributed by atoms with Gasteiger partial charge in [0.1, 0.15) is 0 Å². The minimum Gasteiger partial charge on any atom is -0.384 e. The maximum Gasteiger partial charge on any atom is 0.221 e. The number of methoxy groups -OCH3 is 1. The Morgan fingerprint density at radius 3 is 2.47 bits per heavy atom. The van der Waals surface area contributed by atoms with E-state index in [9.17, 15) is 13.2 Å². The maximum atomic E-state index is 11.6. The smallest absolute Gasteiger partial charge is 0.221 e. The first-order valence-electron chi connectivity index (χ1n) is 6.57. The summed E-state index contributed by atoms with van der Waals surface area (Å²) in [5, 5.41) is 2.88. The molecule has 1 saturated carbocycles. The van der Waals surface area contributed by atoms with Gasteiger partial charge in [0.2, 0.25) is 15.9 Å². The largest absolute Gasteiger partial charge is 0.384 e. The summed E-state index contributed by atoms with van der Waals surface area (Å²) >= 11 is 0. The van der Waals surface area contributed by atoms with Crippen LogP contribution >= 0.6 is 0 Å². The second kappa shape index (κ2) is 7.21. The molecule has 1 aliphatic carbocycles. The van der Waals surface area contributed by atoms with Crippen LogP contribution in [0.1, 0.15) is 32.1 Å². The Bertz CT molecular complexity index is 389. The summed E-state index contributed by atoms with van der Waals surface area (Å²) in [4.78, 5) is 11.6. The summed E-state index contributed by atoms with van der Waals surface area (Å²) in [5.41, 5.74) is 0.0642. The van der Waals surface area contributed by atoms with E-state index in [0.29, 0.717) is 13.2 Å². The molecule has 0 spiro atoms. The lowest BCUT2D eigenvalue weighted by molar-refractivity contribution is -0.121. The molecule has 1 aliphatic rings. The van der Waals surface area contributed by atoms with Crippen molar-refractivity contribution in [1.82, 2.24) is 10.0 Å². The van der Waals surface area contributed by atoms with E-state index >= 15 is 0 Å². The number of nitrogens with one attached hydrogen (secondary N) is 2. The lowest BCUT2D eigenvalue weighted by Crippen LogP contribution is -2.39. The third-order valence-electron chi connectivity index (χ3n) is 3.49. The van der Waals surface area contributed by atoms with Gasteiger partial charge in [0.15, 0.2) is 0 Å². The average Bonchev–Trinajstić information content (AvgIpc) is 2.74. The van der Waals surface area contributed by atoms with Gasteiger partial charge in [-0.3, -0.25) is 4.79 Å². The molecule has 6 nitrogen and oxygen atoms in total. The lowest BCUT2D eigenvalue weighted by Gasteiger charge is -2.28. The number of rotatable bonds is 8. The number of sulfonamides is 1. The number of ether oxygens (including phenoxy) is 1. The highest BCUT2D eigenvalue weighted by Gasteiger charge is 2.34. The van der Waals surface area contributed by atoms with Gasteiger partial charge < -0.3 is 10.1 Å². The van der Waals surface area contributed by atoms with Crippen molar-refractivity contribution in [2.45, 2.75) is 32.1 Å². The van der Waals surface area contributed by atoms with Crippen LogP contribution in [0.2, 0.25) is 0 Å². The van der Waals surface area contributed by atoms with Crippen LogP contribution in [0.25, 0.3) is 0 Å². The van der Waals surface area contributed by atoms with Crippen molar-refractivity contribution in [2.24, 2.45) is 5.41 Å². The Kier molecular flexibility index (Phi) is 6.22. The molecule has 1 amide bonds. The first-order chi connectivity index (χ1) is 8.87. The lowest BCUT2D eigenvalue weighted by atomic mass is 9.87. The molecule has 112 valence electrons. The van der Waals surface area contributed by atoms with E-state index in [1.165, 1.54) is 12.8 Å². The van der Waals surface area contributed by atoms with Gasteiger partial charge in [-0.15, -0.1) is 0 Å². The molecule has 0 saturated heterocycles. The molecule has 0 aromatic heterocycles. The summed E-state index contributed by atoms with van der Waals surface area (Å²) in [5.74, 6) is -0.126. The van der Waals surface area contributed by atoms with Gasteiger partial charge in [-0.25, -0.2) is 13.1 Å². The molecule has 0 radical (unpaired) electrons. The molecule has 2 N–H and O–H groups in total. The van der Waals surface area contributed by atoms with Crippen molar-refractivity contribution < 1.29 is 17.9 Å². The molecule has 1 rings (SSSR count). The Morgan fingerprint density at radius 1 is 1.32 bits per heavy atom. The normalized spacial score (nSPS) is 18.4. The third-order valence-corrected chi connectivity index (χ3v) is 4.22. The predicted octanol–water partition coefficient (Wildman–Crippen LogP) is 0.249. The van der Waals surface area contributed by atoms with Gasteiger partial charge >= 0.3 is 0 Å². The molecule has 0 aromatic rings. The van der Waals surface area contributed by atoms with Crippen molar-refractivity contribution >= 4 is 15.9 Å². The summed E-state index contributed by atoms with van der Waals surface area (Å²) < 4.78 is 29.3. The molecular weight excluding hydrogens is 268 g/mol. The second-order valence-electron chi connectivity index (χ2n) is 5.33. The third kappa shape index (κ3) is 6.35. The fraction of sp³-hybridized carbons (Fsp3) is 0.917. The minimum atomic E-state index is -3.22. The van der Waals surface area contributed by atoms with E-state index in [-0.39, 0.29) is 24.3 Å². The van der Waals surface area contributed by atoms with Crippen LogP contribution < -0.4 is 10.0 Å². The van der Waals surface area contributed by atoms with Crippen molar-refractivity contribution in [3.05, 3.63) is 0 Å². The van der Waals surface area contributed by atoms with E-state index in [1.807, 2.05) is 0 Å². The first-order valence-corrected chi connectivity index (χ1v) is 8.46. The summed E-state index contributed by atoms with van der Waals surface area (Å²) in [6.45, 7) is 1.41. The van der Waals surface area contributed by atoms with E-state index < -0.39 is 10.0 Å². The first kappa shape index (κ1) is 16.4. The zero-order chi connectivity index (χ0) is 14.4. The van der Waals surface area contributed by atoms with Gasteiger partial charge in [0.25, 0.3) is 0 Å². The van der Waals surface area contributed by atoms with Crippen molar-refractivity contribution in [1.29, 1.82) is 0 Å². The molecular formula is C12H24N2O4S. The molecule has 0 heterocycles. The molecule has 19 heavy (non-hydrogen) atoms. The number of carbonyl (C=O) groups is 1. The molecule has 7 heteroatoms. The molecule has 0 bridgehead atoms. The van der Waals surface area contributed by atoms with Crippen LogP contribution in [0.5, 0.6) is 0 Å². The molecule has 0 unspecified atom stereocenters. The van der Waals surface area contributed by atoms with Crippen LogP contribution in [-0.4, -0.2) is 47.4 Å². The Labute approximate surface area is 115 Å². The van der Waals surface area contributed by atoms with E-state index in [1.54, 1.807) is 7.11 Å². The zero-order valence-electron chi connectivity index (χ0n) is 11.7. The molecule has 0 atom stereocenters. The Hall–Kier alpha value is -0.660. The highest BCUT2D eigenvalue weighted by Crippen LogP contribution is 2.37. The van der Waals surface area contributed by atoms with Crippen LogP contribution in [0.15, 0.2) is 0 Å². The predicted molar refractivity (Wildman–Crippen MR) is 73.3 cm³/mol. The highest BCUT2D eigenvalue weighted by atomic mass is 32.2. The standard InChI is InChI=1S/C12H24N2O4S/c1-18-10-12(6-3-4-7-12)9-13-11(15)5-8-14-19(2,16)17/h14H,3-10H2,1-2H3,(H,13,15). The number of hydrogen-bond donors (Lipinski definition) is 2. The summed E-state index contributed by atoms with van der Waals surface area (Å²) in [6.07, 6.45) is 5.74. The SMILES string of the molecule is COCC1(CNC(=O)CCNS(C)(=O)=O)CCCC1. The summed E-state index contributed by atoms with van der Waals surface area (Å²) in [7, 11) is -1.54. The topological polar surface area (TPSA) is 84.5 Å². The Morgan fingerprint density at radius 2 is 1.95 bits per heavy atom. The van der Waals surface area contributed by atoms with Gasteiger partial charge in [-0.1, -0.05) is 12.8 Å². The van der Waals surface area contributed by atoms with Crippen LogP contribution in [-0.2, 0) is 19.6 Å². The van der Waals surface area contributed by atoms with Gasteiger partial charge in [0, 0.05) is 32.0 Å². The van der Waals surface area contributed by atoms with Crippen LogP contribution in [0, 0.1) is 5.41 Å². The fourth-order valence-corrected chi connectivity index (χ4v) is 3.00. The number of hydrogen-bond acceptors (Lipinski definition) is 4. The maximum absolute atomic E-state index is 11.6. The molecule has 0 aliphatic heterocycles. The number of carbonyl (C=O) groups excluding carboxylic acids is 1. The average molecular weight is 292 g/mol. The Balaban J connectivity index is 2.28. The summed E-state index contributed by atoms with van der Waals surface area (Å²) in [6, 6.07) is 0. The van der Waals surface area contributed by atoms with Gasteiger partial charge in [0.05, 0.1) is 12.9 Å². The van der Waals surface area contributed by atoms with Crippen LogP contribution in [0.4, 0.5) is 0 Å². The molecule has 0 aromatic carbocycles. The number of amides is 1. The second-order valence-corrected chi connectivity index (χ2v) is 7.17. The monoisotopic (exact) mass is 292 g/mol. The minimum absolute atomic E-state index is 0.0642. The van der Waals surface area contributed by atoms with Gasteiger partial charge in [-0.05, 0) is 12.8 Å². The fourth-order valence-electron chi connectivity index (χ4n) is 2.53. The highest BCUT2D eigenvalue weighted by molar-refractivity contribution is 7.88. The van der Waals surface area contributed by atoms with E-state index in [2.05, 4.69) is 10.0 Å². The van der Waals surface area contributed by atoms with Crippen molar-refractivity contribution in [2.75, 3.05) is 33.1 Å². The van der Waals surface area contributed by atoms with Gasteiger partial charge in [-0.2, -0.15) is 0 Å². The van der Waals surface area contributed by atoms with E-state index in [4.69, 9.17) is 4.74 Å². The van der Waals surface area contributed by atoms with Crippen molar-refractivity contribution in [3.8, 4) is 0 Å².